The van der Waals surface area contributed by atoms with Crippen molar-refractivity contribution in [3.05, 3.63) is 64.6 Å². The van der Waals surface area contributed by atoms with Gasteiger partial charge in [-0.05, 0) is 30.3 Å². The van der Waals surface area contributed by atoms with Crippen LogP contribution < -0.4 is 0 Å². The fourth-order valence-corrected chi connectivity index (χ4v) is 2.82. The molecule has 0 spiro atoms. The summed E-state index contributed by atoms with van der Waals surface area (Å²) in [6.45, 7) is 0. The third kappa shape index (κ3) is 2.78. The van der Waals surface area contributed by atoms with Gasteiger partial charge in [-0.2, -0.15) is 0 Å². The molecular weight excluding hydrogens is 401 g/mol. The lowest BCUT2D eigenvalue weighted by Crippen LogP contribution is -2.02. The van der Waals surface area contributed by atoms with Crippen molar-refractivity contribution < 1.29 is 4.39 Å². The average Bonchev–Trinajstić information content (AvgIpc) is 2.94. The van der Waals surface area contributed by atoms with Gasteiger partial charge in [-0.15, -0.1) is 10.2 Å². The van der Waals surface area contributed by atoms with Gasteiger partial charge in [0.15, 0.2) is 5.82 Å². The molecule has 106 valence electrons. The summed E-state index contributed by atoms with van der Waals surface area (Å²) in [5.74, 6) is 0.869. The maximum Gasteiger partial charge on any atom is 0.171 e. The summed E-state index contributed by atoms with van der Waals surface area (Å²) in [4.78, 5) is 0. The molecule has 0 aliphatic rings. The Bertz CT molecular complexity index is 772. The first-order valence-corrected chi connectivity index (χ1v) is 8.13. The number of aromatic nitrogens is 3. The van der Waals surface area contributed by atoms with Crippen LogP contribution in [0.3, 0.4) is 0 Å². The van der Waals surface area contributed by atoms with E-state index in [4.69, 9.17) is 0 Å². The maximum absolute atomic E-state index is 14.2. The molecule has 0 unspecified atom stereocenters. The second kappa shape index (κ2) is 6.07. The number of rotatable bonds is 3. The highest BCUT2D eigenvalue weighted by molar-refractivity contribution is 9.10. The molecule has 3 nitrogen and oxygen atoms in total. The number of benzene rings is 2. The largest absolute Gasteiger partial charge is 0.278 e. The topological polar surface area (TPSA) is 30.7 Å². The first kappa shape index (κ1) is 14.4. The van der Waals surface area contributed by atoms with Crippen molar-refractivity contribution in [2.24, 2.45) is 0 Å². The highest BCUT2D eigenvalue weighted by Gasteiger charge is 2.17. The quantitative estimate of drug-likeness (QED) is 0.584. The van der Waals surface area contributed by atoms with Gasteiger partial charge < -0.3 is 0 Å². The maximum atomic E-state index is 14.2. The SMILES string of the molecule is Fc1ccc(Br)cc1-c1nnc(CBr)n1-c1ccccc1. The summed E-state index contributed by atoms with van der Waals surface area (Å²) in [6, 6.07) is 14.4. The Hall–Kier alpha value is -1.53. The van der Waals surface area contributed by atoms with E-state index in [0.29, 0.717) is 16.7 Å². The van der Waals surface area contributed by atoms with Gasteiger partial charge in [0.2, 0.25) is 0 Å². The smallest absolute Gasteiger partial charge is 0.171 e. The molecule has 0 N–H and O–H groups in total. The first-order valence-electron chi connectivity index (χ1n) is 6.22. The standard InChI is InChI=1S/C15H10Br2FN3/c16-9-14-19-20-15(12-8-10(17)6-7-13(12)18)21(14)11-4-2-1-3-5-11/h1-8H,9H2. The minimum atomic E-state index is -0.330. The molecule has 6 heteroatoms. The number of halogens is 3. The lowest BCUT2D eigenvalue weighted by Gasteiger charge is -2.10. The molecule has 0 aliphatic heterocycles. The Morgan fingerprint density at radius 2 is 1.81 bits per heavy atom. The fourth-order valence-electron chi connectivity index (χ4n) is 2.09. The van der Waals surface area contributed by atoms with Crippen molar-refractivity contribution >= 4 is 31.9 Å². The summed E-state index contributed by atoms with van der Waals surface area (Å²) in [5.41, 5.74) is 1.30. The zero-order chi connectivity index (χ0) is 14.8. The number of hydrogen-bond acceptors (Lipinski definition) is 2. The van der Waals surface area contributed by atoms with Crippen molar-refractivity contribution in [2.75, 3.05) is 0 Å². The summed E-state index contributed by atoms with van der Waals surface area (Å²) in [5, 5.41) is 8.83. The molecular formula is C15H10Br2FN3. The van der Waals surface area contributed by atoms with E-state index in [2.05, 4.69) is 42.1 Å². The predicted molar refractivity (Wildman–Crippen MR) is 87.1 cm³/mol. The van der Waals surface area contributed by atoms with Gasteiger partial charge in [-0.25, -0.2) is 4.39 Å². The van der Waals surface area contributed by atoms with Crippen molar-refractivity contribution in [3.63, 3.8) is 0 Å². The van der Waals surface area contributed by atoms with Gasteiger partial charge in [0, 0.05) is 10.2 Å². The Morgan fingerprint density at radius 3 is 2.52 bits per heavy atom. The molecule has 3 aromatic rings. The molecule has 0 saturated heterocycles. The van der Waals surface area contributed by atoms with Gasteiger partial charge in [0.05, 0.1) is 10.9 Å². The third-order valence-corrected chi connectivity index (χ3v) is 4.03. The number of nitrogens with zero attached hydrogens (tertiary/aromatic N) is 3. The van der Waals surface area contributed by atoms with Crippen molar-refractivity contribution in [3.8, 4) is 17.1 Å². The van der Waals surface area contributed by atoms with Crippen LogP contribution in [0.2, 0.25) is 0 Å². The van der Waals surface area contributed by atoms with E-state index >= 15 is 0 Å². The van der Waals surface area contributed by atoms with Crippen molar-refractivity contribution in [2.45, 2.75) is 5.33 Å². The van der Waals surface area contributed by atoms with Crippen LogP contribution in [-0.4, -0.2) is 14.8 Å². The van der Waals surface area contributed by atoms with Gasteiger partial charge in [0.25, 0.3) is 0 Å². The van der Waals surface area contributed by atoms with E-state index in [1.165, 1.54) is 6.07 Å². The molecule has 2 aromatic carbocycles. The molecule has 0 amide bonds. The Balaban J connectivity index is 2.25. The van der Waals surface area contributed by atoms with Gasteiger partial charge in [-0.3, -0.25) is 4.57 Å². The van der Waals surface area contributed by atoms with Gasteiger partial charge >= 0.3 is 0 Å². The molecule has 0 radical (unpaired) electrons. The van der Waals surface area contributed by atoms with Crippen LogP contribution >= 0.6 is 31.9 Å². The van der Waals surface area contributed by atoms with Crippen LogP contribution in [0.1, 0.15) is 5.82 Å². The molecule has 21 heavy (non-hydrogen) atoms. The zero-order valence-electron chi connectivity index (χ0n) is 10.8. The van der Waals surface area contributed by atoms with Crippen LogP contribution in [0.25, 0.3) is 17.1 Å². The minimum absolute atomic E-state index is 0.330. The molecule has 0 bridgehead atoms. The summed E-state index contributed by atoms with van der Waals surface area (Å²) in [6.07, 6.45) is 0. The highest BCUT2D eigenvalue weighted by atomic mass is 79.9. The Morgan fingerprint density at radius 1 is 1.05 bits per heavy atom. The first-order chi connectivity index (χ1) is 10.2. The molecule has 0 saturated carbocycles. The number of alkyl halides is 1. The van der Waals surface area contributed by atoms with E-state index in [0.717, 1.165) is 16.0 Å². The second-order valence-corrected chi connectivity index (χ2v) is 5.85. The Kier molecular flexibility index (Phi) is 4.17. The monoisotopic (exact) mass is 409 g/mol. The molecule has 0 fully saturated rings. The number of hydrogen-bond donors (Lipinski definition) is 0. The molecule has 1 heterocycles. The van der Waals surface area contributed by atoms with Crippen LogP contribution in [0.4, 0.5) is 4.39 Å². The van der Waals surface area contributed by atoms with Crippen LogP contribution in [0.5, 0.6) is 0 Å². The molecule has 3 rings (SSSR count). The fraction of sp³-hybridized carbons (Fsp3) is 0.0667. The average molecular weight is 411 g/mol. The van der Waals surface area contributed by atoms with E-state index in [-0.39, 0.29) is 5.82 Å². The van der Waals surface area contributed by atoms with E-state index in [1.807, 2.05) is 34.9 Å². The summed E-state index contributed by atoms with van der Waals surface area (Å²) < 4.78 is 16.8. The van der Waals surface area contributed by atoms with Crippen molar-refractivity contribution in [1.29, 1.82) is 0 Å². The molecule has 0 aliphatic carbocycles. The van der Waals surface area contributed by atoms with Crippen LogP contribution in [0, 0.1) is 5.82 Å². The zero-order valence-corrected chi connectivity index (χ0v) is 14.0. The second-order valence-electron chi connectivity index (χ2n) is 4.37. The molecule has 1 aromatic heterocycles. The summed E-state index contributed by atoms with van der Waals surface area (Å²) in [7, 11) is 0. The highest BCUT2D eigenvalue weighted by Crippen LogP contribution is 2.28. The molecule has 0 atom stereocenters. The predicted octanol–water partition coefficient (Wildman–Crippen LogP) is 4.73. The van der Waals surface area contributed by atoms with Gasteiger partial charge in [-0.1, -0.05) is 50.1 Å². The number of para-hydroxylation sites is 1. The van der Waals surface area contributed by atoms with E-state index in [9.17, 15) is 4.39 Å². The van der Waals surface area contributed by atoms with E-state index < -0.39 is 0 Å². The summed E-state index contributed by atoms with van der Waals surface area (Å²) >= 11 is 6.76. The van der Waals surface area contributed by atoms with Gasteiger partial charge in [0.1, 0.15) is 11.6 Å². The Labute approximate surface area is 138 Å². The van der Waals surface area contributed by atoms with E-state index in [1.54, 1.807) is 12.1 Å². The normalized spacial score (nSPS) is 10.8. The minimum Gasteiger partial charge on any atom is -0.278 e. The lowest BCUT2D eigenvalue weighted by atomic mass is 10.2. The third-order valence-electron chi connectivity index (χ3n) is 3.03. The van der Waals surface area contributed by atoms with Crippen LogP contribution in [-0.2, 0) is 5.33 Å². The van der Waals surface area contributed by atoms with Crippen LogP contribution in [0.15, 0.2) is 53.0 Å². The van der Waals surface area contributed by atoms with Crippen molar-refractivity contribution in [1.82, 2.24) is 14.8 Å². The lowest BCUT2D eigenvalue weighted by molar-refractivity contribution is 0.629.